The number of rotatable bonds is 2. The van der Waals surface area contributed by atoms with Crippen LogP contribution >= 0.6 is 0 Å². The van der Waals surface area contributed by atoms with Crippen LogP contribution in [0.3, 0.4) is 0 Å². The lowest BCUT2D eigenvalue weighted by molar-refractivity contribution is 0.184. The van der Waals surface area contributed by atoms with Crippen LogP contribution in [0.5, 0.6) is 5.75 Å². The fourth-order valence-electron chi connectivity index (χ4n) is 3.52. The van der Waals surface area contributed by atoms with Gasteiger partial charge >= 0.3 is 6.03 Å². The van der Waals surface area contributed by atoms with Gasteiger partial charge in [-0.2, -0.15) is 0 Å². The summed E-state index contributed by atoms with van der Waals surface area (Å²) < 4.78 is 5.79. The number of carbonyl (C=O) groups is 1. The van der Waals surface area contributed by atoms with Crippen molar-refractivity contribution in [2.45, 2.75) is 26.4 Å². The molecule has 134 valence electrons. The van der Waals surface area contributed by atoms with E-state index in [0.717, 1.165) is 27.8 Å². The molecule has 3 aromatic rings. The van der Waals surface area contributed by atoms with Crippen LogP contribution in [-0.4, -0.2) is 29.1 Å². The quantitative estimate of drug-likeness (QED) is 0.730. The summed E-state index contributed by atoms with van der Waals surface area (Å²) in [7, 11) is 0. The molecule has 2 aromatic carbocycles. The van der Waals surface area contributed by atoms with E-state index in [1.165, 1.54) is 5.56 Å². The number of aromatic nitrogens is 1. The largest absolute Gasteiger partial charge is 0.491 e. The number of hydrogen-bond acceptors (Lipinski definition) is 2. The molecule has 2 heterocycles. The minimum Gasteiger partial charge on any atom is -0.491 e. The number of fused-ring (bicyclic) bond motifs is 2. The fourth-order valence-corrected chi connectivity index (χ4v) is 3.52. The maximum atomic E-state index is 12.9. The molecule has 1 unspecified atom stereocenters. The van der Waals surface area contributed by atoms with Crippen LogP contribution in [0.2, 0.25) is 0 Å². The summed E-state index contributed by atoms with van der Waals surface area (Å²) in [4.78, 5) is 17.9. The summed E-state index contributed by atoms with van der Waals surface area (Å²) in [5, 5.41) is 4.28. The molecule has 2 N–H and O–H groups in total. The number of amides is 2. The maximum Gasteiger partial charge on any atom is 0.318 e. The Morgan fingerprint density at radius 3 is 3.04 bits per heavy atom. The van der Waals surface area contributed by atoms with Crippen LogP contribution in [0.1, 0.15) is 29.7 Å². The van der Waals surface area contributed by atoms with E-state index >= 15 is 0 Å². The van der Waals surface area contributed by atoms with E-state index in [2.05, 4.69) is 29.4 Å². The van der Waals surface area contributed by atoms with E-state index in [0.29, 0.717) is 19.7 Å². The molecule has 4 rings (SSSR count). The van der Waals surface area contributed by atoms with E-state index in [4.69, 9.17) is 4.74 Å². The number of nitrogens with zero attached hydrogens (tertiary/aromatic N) is 1. The number of aryl methyl sites for hydroxylation is 1. The number of benzene rings is 2. The van der Waals surface area contributed by atoms with Crippen molar-refractivity contribution in [1.82, 2.24) is 15.2 Å². The van der Waals surface area contributed by atoms with Crippen molar-refractivity contribution in [2.75, 3.05) is 13.2 Å². The number of hydrogen-bond donors (Lipinski definition) is 2. The Hall–Kier alpha value is -2.95. The van der Waals surface area contributed by atoms with Gasteiger partial charge < -0.3 is 19.9 Å². The van der Waals surface area contributed by atoms with Crippen LogP contribution in [-0.2, 0) is 6.54 Å². The van der Waals surface area contributed by atoms with Gasteiger partial charge in [-0.25, -0.2) is 4.79 Å². The average molecular weight is 349 g/mol. The molecule has 0 saturated carbocycles. The lowest BCUT2D eigenvalue weighted by Gasteiger charge is -2.24. The minimum atomic E-state index is -0.0917. The summed E-state index contributed by atoms with van der Waals surface area (Å²) >= 11 is 0. The van der Waals surface area contributed by atoms with Gasteiger partial charge in [0.2, 0.25) is 0 Å². The first-order valence-corrected chi connectivity index (χ1v) is 8.95. The number of nitrogens with one attached hydrogen (secondary N) is 2. The molecule has 0 aliphatic carbocycles. The fraction of sp³-hybridized carbons (Fsp3) is 0.286. The number of H-pyrrole nitrogens is 1. The molecule has 0 saturated heterocycles. The topological polar surface area (TPSA) is 57.4 Å². The van der Waals surface area contributed by atoms with E-state index in [-0.39, 0.29) is 12.1 Å². The van der Waals surface area contributed by atoms with Gasteiger partial charge in [0, 0.05) is 11.8 Å². The Morgan fingerprint density at radius 2 is 2.15 bits per heavy atom. The highest BCUT2D eigenvalue weighted by atomic mass is 16.5. The molecule has 26 heavy (non-hydrogen) atoms. The molecule has 1 aromatic heterocycles. The summed E-state index contributed by atoms with van der Waals surface area (Å²) in [5.74, 6) is 0.870. The van der Waals surface area contributed by atoms with Crippen LogP contribution in [0.15, 0.2) is 48.7 Å². The molecule has 1 atom stereocenters. The summed E-state index contributed by atoms with van der Waals surface area (Å²) in [5.41, 5.74) is 4.38. The van der Waals surface area contributed by atoms with Crippen LogP contribution in [0.25, 0.3) is 10.9 Å². The average Bonchev–Trinajstić information content (AvgIpc) is 3.01. The first kappa shape index (κ1) is 16.5. The third-order valence-electron chi connectivity index (χ3n) is 4.91. The zero-order valence-electron chi connectivity index (χ0n) is 15.1. The number of para-hydroxylation sites is 1. The van der Waals surface area contributed by atoms with Gasteiger partial charge in [0.1, 0.15) is 12.4 Å². The molecule has 1 aliphatic heterocycles. The van der Waals surface area contributed by atoms with Gasteiger partial charge in [-0.3, -0.25) is 0 Å². The maximum absolute atomic E-state index is 12.9. The van der Waals surface area contributed by atoms with E-state index in [1.54, 1.807) is 0 Å². The first-order chi connectivity index (χ1) is 12.6. The molecular formula is C21H23N3O2. The van der Waals surface area contributed by atoms with Crippen molar-refractivity contribution in [3.8, 4) is 5.75 Å². The van der Waals surface area contributed by atoms with Crippen LogP contribution in [0.4, 0.5) is 4.79 Å². The van der Waals surface area contributed by atoms with E-state index < -0.39 is 0 Å². The van der Waals surface area contributed by atoms with Crippen molar-refractivity contribution in [2.24, 2.45) is 0 Å². The lowest BCUT2D eigenvalue weighted by atomic mass is 10.1. The SMILES string of the molecule is Cc1ccc2c(c1)CN(C(=O)NC(C)c1cccc3cc[nH]c13)CCO2. The van der Waals surface area contributed by atoms with Crippen LogP contribution in [0, 0.1) is 6.92 Å². The Balaban J connectivity index is 1.51. The van der Waals surface area contributed by atoms with Gasteiger partial charge in [0.15, 0.2) is 0 Å². The van der Waals surface area contributed by atoms with E-state index in [1.807, 2.05) is 48.4 Å². The Bertz CT molecular complexity index is 947. The summed E-state index contributed by atoms with van der Waals surface area (Å²) in [6, 6.07) is 14.1. The molecule has 2 amide bonds. The van der Waals surface area contributed by atoms with Crippen LogP contribution < -0.4 is 10.1 Å². The summed E-state index contributed by atoms with van der Waals surface area (Å²) in [6.07, 6.45) is 1.92. The zero-order valence-corrected chi connectivity index (χ0v) is 15.1. The monoisotopic (exact) mass is 349 g/mol. The standard InChI is InChI=1S/C21H23N3O2/c1-14-6-7-19-17(12-14)13-24(10-11-26-19)21(25)23-15(2)18-5-3-4-16-8-9-22-20(16)18/h3-9,12,15,22H,10-11,13H2,1-2H3,(H,23,25). The zero-order chi connectivity index (χ0) is 18.1. The second-order valence-electron chi connectivity index (χ2n) is 6.84. The van der Waals surface area contributed by atoms with Gasteiger partial charge in [0.25, 0.3) is 0 Å². The third-order valence-corrected chi connectivity index (χ3v) is 4.91. The highest BCUT2D eigenvalue weighted by molar-refractivity contribution is 5.84. The molecular weight excluding hydrogens is 326 g/mol. The van der Waals surface area contributed by atoms with Crippen molar-refractivity contribution in [3.63, 3.8) is 0 Å². The van der Waals surface area contributed by atoms with Gasteiger partial charge in [-0.1, -0.05) is 35.9 Å². The second-order valence-corrected chi connectivity index (χ2v) is 6.84. The second kappa shape index (κ2) is 6.75. The Morgan fingerprint density at radius 1 is 1.27 bits per heavy atom. The predicted molar refractivity (Wildman–Crippen MR) is 102 cm³/mol. The summed E-state index contributed by atoms with van der Waals surface area (Å²) in [6.45, 7) is 5.69. The number of carbonyl (C=O) groups excluding carboxylic acids is 1. The minimum absolute atomic E-state index is 0.0704. The van der Waals surface area contributed by atoms with Crippen molar-refractivity contribution >= 4 is 16.9 Å². The predicted octanol–water partition coefficient (Wildman–Crippen LogP) is 4.14. The van der Waals surface area contributed by atoms with Crippen molar-refractivity contribution < 1.29 is 9.53 Å². The molecule has 0 spiro atoms. The van der Waals surface area contributed by atoms with Gasteiger partial charge in [-0.15, -0.1) is 0 Å². The Kier molecular flexibility index (Phi) is 4.29. The lowest BCUT2D eigenvalue weighted by Crippen LogP contribution is -2.41. The highest BCUT2D eigenvalue weighted by Crippen LogP contribution is 2.26. The van der Waals surface area contributed by atoms with Crippen molar-refractivity contribution in [3.05, 3.63) is 65.4 Å². The van der Waals surface area contributed by atoms with Gasteiger partial charge in [0.05, 0.1) is 24.6 Å². The first-order valence-electron chi connectivity index (χ1n) is 8.95. The molecule has 0 bridgehead atoms. The van der Waals surface area contributed by atoms with Gasteiger partial charge in [-0.05, 0) is 36.9 Å². The number of urea groups is 1. The Labute approximate surface area is 153 Å². The number of ether oxygens (including phenoxy) is 1. The smallest absolute Gasteiger partial charge is 0.318 e. The molecule has 1 aliphatic rings. The molecule has 5 nitrogen and oxygen atoms in total. The molecule has 0 radical (unpaired) electrons. The highest BCUT2D eigenvalue weighted by Gasteiger charge is 2.22. The molecule has 0 fully saturated rings. The third kappa shape index (κ3) is 3.12. The normalized spacial score (nSPS) is 15.1. The van der Waals surface area contributed by atoms with E-state index in [9.17, 15) is 4.79 Å². The number of aromatic amines is 1. The van der Waals surface area contributed by atoms with Crippen molar-refractivity contribution in [1.29, 1.82) is 0 Å². The molecule has 5 heteroatoms.